The average molecular weight is 419 g/mol. The first kappa shape index (κ1) is 27.0. The Morgan fingerprint density at radius 3 is 2.13 bits per heavy atom. The molecule has 0 N–H and O–H groups in total. The smallest absolute Gasteiger partial charge is 0.306 e. The molecule has 1 aliphatic rings. The zero-order chi connectivity index (χ0) is 22.0. The van der Waals surface area contributed by atoms with Crippen LogP contribution in [0.25, 0.3) is 0 Å². The second kappa shape index (κ2) is 17.6. The second-order valence-corrected chi connectivity index (χ2v) is 9.87. The van der Waals surface area contributed by atoms with E-state index in [1.807, 2.05) is 0 Å². The van der Waals surface area contributed by atoms with Crippen LogP contribution in [0.1, 0.15) is 124 Å². The lowest BCUT2D eigenvalue weighted by Crippen LogP contribution is -2.35. The van der Waals surface area contributed by atoms with E-state index >= 15 is 0 Å². The molecule has 30 heavy (non-hydrogen) atoms. The van der Waals surface area contributed by atoms with E-state index in [1.165, 1.54) is 70.6 Å². The number of hydrogen-bond acceptors (Lipinski definition) is 2. The van der Waals surface area contributed by atoms with E-state index in [2.05, 4.69) is 52.0 Å². The highest BCUT2D eigenvalue weighted by Crippen LogP contribution is 2.35. The van der Waals surface area contributed by atoms with Gasteiger partial charge in [-0.1, -0.05) is 96.9 Å². The van der Waals surface area contributed by atoms with Gasteiger partial charge in [0.1, 0.15) is 6.10 Å². The van der Waals surface area contributed by atoms with E-state index in [4.69, 9.17) is 4.74 Å². The van der Waals surface area contributed by atoms with Gasteiger partial charge in [-0.25, -0.2) is 0 Å². The Hall–Kier alpha value is -1.05. The van der Waals surface area contributed by atoms with Crippen molar-refractivity contribution < 1.29 is 9.53 Å². The fourth-order valence-corrected chi connectivity index (χ4v) is 4.58. The Balaban J connectivity index is 2.00. The molecule has 1 aliphatic carbocycles. The fourth-order valence-electron chi connectivity index (χ4n) is 4.58. The third-order valence-corrected chi connectivity index (χ3v) is 6.60. The van der Waals surface area contributed by atoms with Crippen LogP contribution < -0.4 is 0 Å². The SMILES string of the molecule is CCCCCC/C=C/C=C/CCCCCCCC(=O)OC1CC(C)CCC1C(C)C. The quantitative estimate of drug-likeness (QED) is 0.142. The van der Waals surface area contributed by atoms with Crippen molar-refractivity contribution in [2.45, 2.75) is 130 Å². The van der Waals surface area contributed by atoms with Crippen LogP contribution in [-0.2, 0) is 9.53 Å². The average Bonchev–Trinajstić information content (AvgIpc) is 2.70. The third kappa shape index (κ3) is 13.3. The molecule has 2 nitrogen and oxygen atoms in total. The number of allylic oxidation sites excluding steroid dienone is 4. The predicted molar refractivity (Wildman–Crippen MR) is 131 cm³/mol. The molecule has 3 unspecified atom stereocenters. The maximum absolute atomic E-state index is 12.3. The summed E-state index contributed by atoms with van der Waals surface area (Å²) in [6, 6.07) is 0. The predicted octanol–water partition coefficient (Wildman–Crippen LogP) is 8.80. The molecule has 0 spiro atoms. The van der Waals surface area contributed by atoms with Crippen molar-refractivity contribution in [2.24, 2.45) is 17.8 Å². The summed E-state index contributed by atoms with van der Waals surface area (Å²) in [7, 11) is 0. The normalized spacial score (nSPS) is 22.4. The summed E-state index contributed by atoms with van der Waals surface area (Å²) < 4.78 is 5.90. The molecule has 1 fully saturated rings. The van der Waals surface area contributed by atoms with Crippen LogP contribution in [0.4, 0.5) is 0 Å². The Kier molecular flexibility index (Phi) is 15.8. The van der Waals surface area contributed by atoms with Gasteiger partial charge in [0, 0.05) is 6.42 Å². The van der Waals surface area contributed by atoms with Crippen LogP contribution in [0, 0.1) is 17.8 Å². The van der Waals surface area contributed by atoms with E-state index in [0.29, 0.717) is 24.2 Å². The first-order valence-corrected chi connectivity index (χ1v) is 13.1. The fraction of sp³-hybridized carbons (Fsp3) is 0.821. The van der Waals surface area contributed by atoms with Crippen LogP contribution in [0.5, 0.6) is 0 Å². The van der Waals surface area contributed by atoms with Crippen LogP contribution in [-0.4, -0.2) is 12.1 Å². The van der Waals surface area contributed by atoms with Crippen LogP contribution >= 0.6 is 0 Å². The molecule has 0 aliphatic heterocycles. The first-order chi connectivity index (χ1) is 14.5. The largest absolute Gasteiger partial charge is 0.462 e. The van der Waals surface area contributed by atoms with Crippen molar-refractivity contribution in [2.75, 3.05) is 0 Å². The minimum atomic E-state index is 0.0316. The van der Waals surface area contributed by atoms with Gasteiger partial charge in [-0.2, -0.15) is 0 Å². The summed E-state index contributed by atoms with van der Waals surface area (Å²) in [6.45, 7) is 9.08. The molecule has 174 valence electrons. The number of unbranched alkanes of at least 4 members (excludes halogenated alkanes) is 9. The summed E-state index contributed by atoms with van der Waals surface area (Å²) in [5, 5.41) is 0. The maximum Gasteiger partial charge on any atom is 0.306 e. The third-order valence-electron chi connectivity index (χ3n) is 6.60. The zero-order valence-electron chi connectivity index (χ0n) is 20.5. The van der Waals surface area contributed by atoms with Gasteiger partial charge < -0.3 is 4.74 Å². The molecule has 1 rings (SSSR count). The monoisotopic (exact) mass is 418 g/mol. The molecule has 0 amide bonds. The minimum absolute atomic E-state index is 0.0316. The highest BCUT2D eigenvalue weighted by atomic mass is 16.5. The van der Waals surface area contributed by atoms with E-state index < -0.39 is 0 Å². The van der Waals surface area contributed by atoms with Crippen molar-refractivity contribution in [3.05, 3.63) is 24.3 Å². The van der Waals surface area contributed by atoms with Crippen molar-refractivity contribution in [3.8, 4) is 0 Å². The molecule has 2 heteroatoms. The lowest BCUT2D eigenvalue weighted by atomic mass is 9.75. The van der Waals surface area contributed by atoms with Crippen molar-refractivity contribution in [1.82, 2.24) is 0 Å². The summed E-state index contributed by atoms with van der Waals surface area (Å²) in [5.74, 6) is 1.87. The van der Waals surface area contributed by atoms with Gasteiger partial charge in [-0.15, -0.1) is 0 Å². The molecule has 0 aromatic heterocycles. The molecule has 0 heterocycles. The van der Waals surface area contributed by atoms with E-state index in [-0.39, 0.29) is 12.1 Å². The molecular formula is C28H50O2. The Bertz CT molecular complexity index is 477. The Morgan fingerprint density at radius 2 is 1.50 bits per heavy atom. The summed E-state index contributed by atoms with van der Waals surface area (Å²) >= 11 is 0. The van der Waals surface area contributed by atoms with Gasteiger partial charge in [0.2, 0.25) is 0 Å². The van der Waals surface area contributed by atoms with Gasteiger partial charge in [0.05, 0.1) is 0 Å². The van der Waals surface area contributed by atoms with E-state index in [0.717, 1.165) is 19.3 Å². The topological polar surface area (TPSA) is 26.3 Å². The van der Waals surface area contributed by atoms with Gasteiger partial charge in [0.25, 0.3) is 0 Å². The first-order valence-electron chi connectivity index (χ1n) is 13.1. The van der Waals surface area contributed by atoms with Crippen LogP contribution in [0.2, 0.25) is 0 Å². The van der Waals surface area contributed by atoms with Crippen LogP contribution in [0.3, 0.4) is 0 Å². The second-order valence-electron chi connectivity index (χ2n) is 9.87. The van der Waals surface area contributed by atoms with Crippen molar-refractivity contribution >= 4 is 5.97 Å². The summed E-state index contributed by atoms with van der Waals surface area (Å²) in [4.78, 5) is 12.3. The molecule has 3 atom stereocenters. The number of ether oxygens (including phenoxy) is 1. The number of esters is 1. The molecule has 0 aromatic rings. The summed E-state index contributed by atoms with van der Waals surface area (Å²) in [6.07, 6.45) is 26.9. The summed E-state index contributed by atoms with van der Waals surface area (Å²) in [5.41, 5.74) is 0. The highest BCUT2D eigenvalue weighted by molar-refractivity contribution is 5.69. The number of rotatable bonds is 16. The minimum Gasteiger partial charge on any atom is -0.462 e. The molecule has 0 bridgehead atoms. The van der Waals surface area contributed by atoms with E-state index in [1.54, 1.807) is 0 Å². The lowest BCUT2D eigenvalue weighted by molar-refractivity contribution is -0.156. The van der Waals surface area contributed by atoms with Gasteiger partial charge in [-0.3, -0.25) is 4.79 Å². The Morgan fingerprint density at radius 1 is 0.900 bits per heavy atom. The molecule has 0 radical (unpaired) electrons. The van der Waals surface area contributed by atoms with Crippen molar-refractivity contribution in [3.63, 3.8) is 0 Å². The zero-order valence-corrected chi connectivity index (χ0v) is 20.5. The lowest BCUT2D eigenvalue weighted by Gasteiger charge is -2.36. The van der Waals surface area contributed by atoms with Gasteiger partial charge in [-0.05, 0) is 62.7 Å². The standard InChI is InChI=1S/C28H50O2/c1-5-6-7-8-9-10-11-12-13-14-15-16-17-18-19-20-28(29)30-27-23-25(4)21-22-26(27)24(2)3/h10-13,24-27H,5-9,14-23H2,1-4H3/b11-10+,13-12+. The maximum atomic E-state index is 12.3. The number of hydrogen-bond donors (Lipinski definition) is 0. The molecular weight excluding hydrogens is 368 g/mol. The molecule has 1 saturated carbocycles. The number of carbonyl (C=O) groups is 1. The van der Waals surface area contributed by atoms with Gasteiger partial charge in [0.15, 0.2) is 0 Å². The Labute approximate surface area is 187 Å². The van der Waals surface area contributed by atoms with E-state index in [9.17, 15) is 4.79 Å². The van der Waals surface area contributed by atoms with Crippen LogP contribution in [0.15, 0.2) is 24.3 Å². The number of carbonyl (C=O) groups excluding carboxylic acids is 1. The van der Waals surface area contributed by atoms with Crippen molar-refractivity contribution in [1.29, 1.82) is 0 Å². The molecule has 0 saturated heterocycles. The molecule has 0 aromatic carbocycles. The highest BCUT2D eigenvalue weighted by Gasteiger charge is 2.33. The van der Waals surface area contributed by atoms with Gasteiger partial charge >= 0.3 is 5.97 Å².